The minimum absolute atomic E-state index is 0.00250. The first kappa shape index (κ1) is 17.1. The van der Waals surface area contributed by atoms with Gasteiger partial charge in [0.1, 0.15) is 5.82 Å². The fraction of sp³-hybridized carbons (Fsp3) is 0.571. The SMILES string of the molecule is CCNCc1ccc(F)cc1S(=O)(=O)NCC(C)(C)C. The zero-order valence-electron chi connectivity index (χ0n) is 12.5. The van der Waals surface area contributed by atoms with Crippen LogP contribution in [0.5, 0.6) is 0 Å². The summed E-state index contributed by atoms with van der Waals surface area (Å²) in [5.41, 5.74) is 0.386. The smallest absolute Gasteiger partial charge is 0.241 e. The Kier molecular flexibility index (Phi) is 5.68. The first-order valence-electron chi connectivity index (χ1n) is 6.64. The van der Waals surface area contributed by atoms with Crippen LogP contribution in [0.4, 0.5) is 4.39 Å². The maximum atomic E-state index is 13.4. The molecule has 0 aliphatic carbocycles. The lowest BCUT2D eigenvalue weighted by atomic mass is 9.98. The molecule has 0 saturated heterocycles. The molecule has 4 nitrogen and oxygen atoms in total. The molecule has 0 spiro atoms. The topological polar surface area (TPSA) is 58.2 Å². The van der Waals surface area contributed by atoms with Gasteiger partial charge >= 0.3 is 0 Å². The van der Waals surface area contributed by atoms with Crippen LogP contribution < -0.4 is 10.0 Å². The number of halogens is 1. The largest absolute Gasteiger partial charge is 0.313 e. The van der Waals surface area contributed by atoms with Crippen molar-refractivity contribution in [1.29, 1.82) is 0 Å². The lowest BCUT2D eigenvalue weighted by Gasteiger charge is -2.19. The van der Waals surface area contributed by atoms with E-state index in [0.717, 1.165) is 6.07 Å². The Balaban J connectivity index is 3.06. The second-order valence-electron chi connectivity index (χ2n) is 5.92. The van der Waals surface area contributed by atoms with E-state index in [0.29, 0.717) is 25.2 Å². The van der Waals surface area contributed by atoms with Gasteiger partial charge in [-0.15, -0.1) is 0 Å². The van der Waals surface area contributed by atoms with E-state index in [-0.39, 0.29) is 10.3 Å². The average molecular weight is 302 g/mol. The number of benzene rings is 1. The summed E-state index contributed by atoms with van der Waals surface area (Å²) in [6.45, 7) is 9.12. The molecule has 0 amide bonds. The van der Waals surface area contributed by atoms with Gasteiger partial charge in [-0.25, -0.2) is 17.5 Å². The van der Waals surface area contributed by atoms with Crippen LogP contribution in [0.3, 0.4) is 0 Å². The van der Waals surface area contributed by atoms with Crippen molar-refractivity contribution in [2.75, 3.05) is 13.1 Å². The Labute approximate surface area is 120 Å². The molecule has 2 N–H and O–H groups in total. The first-order chi connectivity index (χ1) is 9.15. The number of rotatable bonds is 6. The second kappa shape index (κ2) is 6.65. The van der Waals surface area contributed by atoms with Crippen LogP contribution in [0.1, 0.15) is 33.3 Å². The molecule has 6 heteroatoms. The highest BCUT2D eigenvalue weighted by Gasteiger charge is 2.21. The van der Waals surface area contributed by atoms with Crippen molar-refractivity contribution >= 4 is 10.0 Å². The highest BCUT2D eigenvalue weighted by molar-refractivity contribution is 7.89. The van der Waals surface area contributed by atoms with Gasteiger partial charge in [-0.3, -0.25) is 0 Å². The lowest BCUT2D eigenvalue weighted by molar-refractivity contribution is 0.407. The molecule has 0 saturated carbocycles. The Bertz CT molecular complexity index is 551. The molecule has 114 valence electrons. The van der Waals surface area contributed by atoms with Crippen molar-refractivity contribution in [3.05, 3.63) is 29.6 Å². The van der Waals surface area contributed by atoms with Gasteiger partial charge in [-0.2, -0.15) is 0 Å². The van der Waals surface area contributed by atoms with Crippen LogP contribution in [0.25, 0.3) is 0 Å². The Morgan fingerprint density at radius 3 is 2.45 bits per heavy atom. The van der Waals surface area contributed by atoms with E-state index in [1.54, 1.807) is 0 Å². The molecule has 0 aliphatic heterocycles. The van der Waals surface area contributed by atoms with Crippen LogP contribution in [0.2, 0.25) is 0 Å². The maximum absolute atomic E-state index is 13.4. The van der Waals surface area contributed by atoms with E-state index < -0.39 is 15.8 Å². The first-order valence-corrected chi connectivity index (χ1v) is 8.13. The van der Waals surface area contributed by atoms with Gasteiger partial charge in [0.05, 0.1) is 4.90 Å². The lowest BCUT2D eigenvalue weighted by Crippen LogP contribution is -2.33. The van der Waals surface area contributed by atoms with Gasteiger partial charge in [0.2, 0.25) is 10.0 Å². The molecule has 0 radical (unpaired) electrons. The number of hydrogen-bond donors (Lipinski definition) is 2. The Morgan fingerprint density at radius 1 is 1.25 bits per heavy atom. The molecular weight excluding hydrogens is 279 g/mol. The molecule has 0 bridgehead atoms. The van der Waals surface area contributed by atoms with E-state index in [1.165, 1.54) is 12.1 Å². The average Bonchev–Trinajstić information content (AvgIpc) is 2.34. The standard InChI is InChI=1S/C14H23FN2O2S/c1-5-16-9-11-6-7-12(15)8-13(11)20(18,19)17-10-14(2,3)4/h6-8,16-17H,5,9-10H2,1-4H3. The van der Waals surface area contributed by atoms with Crippen molar-refractivity contribution in [3.8, 4) is 0 Å². The summed E-state index contributed by atoms with van der Waals surface area (Å²) < 4.78 is 40.5. The molecule has 1 aromatic carbocycles. The minimum atomic E-state index is -3.71. The molecule has 20 heavy (non-hydrogen) atoms. The van der Waals surface area contributed by atoms with Gasteiger partial charge in [-0.05, 0) is 29.7 Å². The predicted molar refractivity (Wildman–Crippen MR) is 78.4 cm³/mol. The summed E-state index contributed by atoms with van der Waals surface area (Å²) in [6.07, 6.45) is 0. The number of sulfonamides is 1. The highest BCUT2D eigenvalue weighted by atomic mass is 32.2. The van der Waals surface area contributed by atoms with Crippen LogP contribution in [0.15, 0.2) is 23.1 Å². The van der Waals surface area contributed by atoms with Gasteiger partial charge in [0.25, 0.3) is 0 Å². The monoisotopic (exact) mass is 302 g/mol. The van der Waals surface area contributed by atoms with E-state index in [1.807, 2.05) is 27.7 Å². The molecule has 0 fully saturated rings. The van der Waals surface area contributed by atoms with E-state index in [2.05, 4.69) is 10.0 Å². The third-order valence-corrected chi connectivity index (χ3v) is 4.16. The zero-order valence-corrected chi connectivity index (χ0v) is 13.3. The summed E-state index contributed by atoms with van der Waals surface area (Å²) >= 11 is 0. The van der Waals surface area contributed by atoms with E-state index >= 15 is 0 Å². The normalized spacial score (nSPS) is 12.7. The van der Waals surface area contributed by atoms with Gasteiger partial charge < -0.3 is 5.32 Å². The Morgan fingerprint density at radius 2 is 1.90 bits per heavy atom. The van der Waals surface area contributed by atoms with E-state index in [4.69, 9.17) is 0 Å². The third-order valence-electron chi connectivity index (χ3n) is 2.68. The Hall–Kier alpha value is -0.980. The van der Waals surface area contributed by atoms with Crippen molar-refractivity contribution < 1.29 is 12.8 Å². The number of hydrogen-bond acceptors (Lipinski definition) is 3. The van der Waals surface area contributed by atoms with Crippen LogP contribution >= 0.6 is 0 Å². The predicted octanol–water partition coefficient (Wildman–Crippen LogP) is 2.26. The van der Waals surface area contributed by atoms with Gasteiger partial charge in [0, 0.05) is 13.1 Å². The van der Waals surface area contributed by atoms with Crippen molar-refractivity contribution in [2.45, 2.75) is 39.1 Å². The zero-order chi connectivity index (χ0) is 15.4. The van der Waals surface area contributed by atoms with Crippen LogP contribution in [-0.2, 0) is 16.6 Å². The summed E-state index contributed by atoms with van der Waals surface area (Å²) in [5, 5.41) is 3.05. The molecular formula is C14H23FN2O2S. The fourth-order valence-electron chi connectivity index (χ4n) is 1.57. The van der Waals surface area contributed by atoms with Gasteiger partial charge in [-0.1, -0.05) is 33.8 Å². The summed E-state index contributed by atoms with van der Waals surface area (Å²) in [6, 6.07) is 3.84. The molecule has 1 aromatic rings. The fourth-order valence-corrected chi connectivity index (χ4v) is 3.11. The maximum Gasteiger partial charge on any atom is 0.241 e. The molecule has 1 rings (SSSR count). The van der Waals surface area contributed by atoms with Gasteiger partial charge in [0.15, 0.2) is 0 Å². The van der Waals surface area contributed by atoms with E-state index in [9.17, 15) is 12.8 Å². The summed E-state index contributed by atoms with van der Waals surface area (Å²) in [5.74, 6) is -0.554. The minimum Gasteiger partial charge on any atom is -0.313 e. The number of nitrogens with one attached hydrogen (secondary N) is 2. The summed E-state index contributed by atoms with van der Waals surface area (Å²) in [4.78, 5) is 0.00250. The molecule has 0 atom stereocenters. The van der Waals surface area contributed by atoms with Crippen molar-refractivity contribution in [2.24, 2.45) is 5.41 Å². The van der Waals surface area contributed by atoms with Crippen LogP contribution in [0, 0.1) is 11.2 Å². The quantitative estimate of drug-likeness (QED) is 0.847. The van der Waals surface area contributed by atoms with Crippen LogP contribution in [-0.4, -0.2) is 21.5 Å². The molecule has 0 unspecified atom stereocenters. The molecule has 0 aliphatic rings. The molecule has 0 aromatic heterocycles. The van der Waals surface area contributed by atoms with Crippen molar-refractivity contribution in [3.63, 3.8) is 0 Å². The molecule has 0 heterocycles. The van der Waals surface area contributed by atoms with Crippen molar-refractivity contribution in [1.82, 2.24) is 10.0 Å². The summed E-state index contributed by atoms with van der Waals surface area (Å²) in [7, 11) is -3.71. The second-order valence-corrected chi connectivity index (χ2v) is 7.65. The third kappa shape index (κ3) is 5.19. The highest BCUT2D eigenvalue weighted by Crippen LogP contribution is 2.19.